The smallest absolute Gasteiger partial charge is 0.311 e. The van der Waals surface area contributed by atoms with Gasteiger partial charge in [0.15, 0.2) is 12.4 Å². The molecule has 0 atom stereocenters. The van der Waals surface area contributed by atoms with Gasteiger partial charge in [0.2, 0.25) is 0 Å². The number of hydrogen-bond donors (Lipinski definition) is 2. The Labute approximate surface area is 123 Å². The molecule has 7 nitrogen and oxygen atoms in total. The Morgan fingerprint density at radius 3 is 2.57 bits per heavy atom. The molecule has 0 saturated carbocycles. The molecule has 1 aromatic rings. The number of nitrogens with zero attached hydrogens (tertiary/aromatic N) is 1. The van der Waals surface area contributed by atoms with E-state index in [2.05, 4.69) is 10.6 Å². The highest BCUT2D eigenvalue weighted by atomic mass is 16.6. The largest absolute Gasteiger partial charge is 0.477 e. The van der Waals surface area contributed by atoms with E-state index in [1.165, 1.54) is 19.2 Å². The van der Waals surface area contributed by atoms with Gasteiger partial charge in [0.05, 0.1) is 4.92 Å². The fourth-order valence-electron chi connectivity index (χ4n) is 1.52. The first-order chi connectivity index (χ1) is 9.73. The summed E-state index contributed by atoms with van der Waals surface area (Å²) in [6.45, 7) is 6.31. The molecule has 21 heavy (non-hydrogen) atoms. The van der Waals surface area contributed by atoms with E-state index in [4.69, 9.17) is 4.74 Å². The first-order valence-corrected chi connectivity index (χ1v) is 6.58. The summed E-state index contributed by atoms with van der Waals surface area (Å²) in [5.41, 5.74) is 0.555. The number of carbonyl (C=O) groups excluding carboxylic acids is 1. The maximum absolute atomic E-state index is 11.1. The number of rotatable bonds is 6. The van der Waals surface area contributed by atoms with Crippen molar-refractivity contribution >= 4 is 11.6 Å². The van der Waals surface area contributed by atoms with Gasteiger partial charge in [-0.2, -0.15) is 0 Å². The Hall–Kier alpha value is -2.15. The molecule has 1 amide bonds. The Bertz CT molecular complexity index is 523. The van der Waals surface area contributed by atoms with Crippen molar-refractivity contribution in [1.29, 1.82) is 0 Å². The zero-order chi connectivity index (χ0) is 16.0. The monoisotopic (exact) mass is 295 g/mol. The van der Waals surface area contributed by atoms with Crippen molar-refractivity contribution in [3.8, 4) is 5.75 Å². The van der Waals surface area contributed by atoms with E-state index in [0.29, 0.717) is 6.54 Å². The SMILES string of the molecule is CNC(=O)COc1ccc(CNC(C)(C)C)cc1[N+](=O)[O-]. The van der Waals surface area contributed by atoms with Crippen molar-refractivity contribution in [3.63, 3.8) is 0 Å². The normalized spacial score (nSPS) is 11.0. The van der Waals surface area contributed by atoms with Gasteiger partial charge in [-0.1, -0.05) is 6.07 Å². The summed E-state index contributed by atoms with van der Waals surface area (Å²) in [6.07, 6.45) is 0. The van der Waals surface area contributed by atoms with Crippen LogP contribution >= 0.6 is 0 Å². The maximum atomic E-state index is 11.1. The van der Waals surface area contributed by atoms with Crippen LogP contribution in [-0.2, 0) is 11.3 Å². The molecule has 0 aliphatic rings. The third-order valence-electron chi connectivity index (χ3n) is 2.68. The lowest BCUT2D eigenvalue weighted by molar-refractivity contribution is -0.385. The van der Waals surface area contributed by atoms with Crippen LogP contribution in [0.1, 0.15) is 26.3 Å². The number of nitro benzene ring substituents is 1. The van der Waals surface area contributed by atoms with Gasteiger partial charge in [-0.25, -0.2) is 0 Å². The van der Waals surface area contributed by atoms with Crippen molar-refractivity contribution in [2.75, 3.05) is 13.7 Å². The molecule has 116 valence electrons. The lowest BCUT2D eigenvalue weighted by atomic mass is 10.1. The minimum Gasteiger partial charge on any atom is -0.477 e. The van der Waals surface area contributed by atoms with Gasteiger partial charge in [-0.3, -0.25) is 14.9 Å². The second-order valence-corrected chi connectivity index (χ2v) is 5.62. The van der Waals surface area contributed by atoms with Gasteiger partial charge >= 0.3 is 5.69 Å². The molecule has 0 aromatic heterocycles. The predicted molar refractivity (Wildman–Crippen MR) is 79.3 cm³/mol. The van der Waals surface area contributed by atoms with Crippen LogP contribution in [0.15, 0.2) is 18.2 Å². The summed E-state index contributed by atoms with van der Waals surface area (Å²) < 4.78 is 5.18. The highest BCUT2D eigenvalue weighted by Gasteiger charge is 2.17. The first kappa shape index (κ1) is 16.9. The van der Waals surface area contributed by atoms with Crippen molar-refractivity contribution in [1.82, 2.24) is 10.6 Å². The molecule has 1 aromatic carbocycles. The Balaban J connectivity index is 2.86. The summed E-state index contributed by atoms with van der Waals surface area (Å²) in [4.78, 5) is 21.7. The van der Waals surface area contributed by atoms with Crippen LogP contribution in [0, 0.1) is 10.1 Å². The highest BCUT2D eigenvalue weighted by molar-refractivity contribution is 5.77. The van der Waals surface area contributed by atoms with E-state index < -0.39 is 4.92 Å². The molecule has 7 heteroatoms. The Morgan fingerprint density at radius 1 is 1.38 bits per heavy atom. The summed E-state index contributed by atoms with van der Waals surface area (Å²) in [7, 11) is 1.47. The van der Waals surface area contributed by atoms with Crippen LogP contribution in [0.2, 0.25) is 0 Å². The van der Waals surface area contributed by atoms with E-state index >= 15 is 0 Å². The van der Waals surface area contributed by atoms with Crippen LogP contribution in [0.5, 0.6) is 5.75 Å². The summed E-state index contributed by atoms with van der Waals surface area (Å²) in [6, 6.07) is 4.71. The molecular weight excluding hydrogens is 274 g/mol. The number of nitrogens with one attached hydrogen (secondary N) is 2. The maximum Gasteiger partial charge on any atom is 0.311 e. The topological polar surface area (TPSA) is 93.5 Å². The van der Waals surface area contributed by atoms with Crippen molar-refractivity contribution in [2.24, 2.45) is 0 Å². The van der Waals surface area contributed by atoms with Crippen LogP contribution in [0.4, 0.5) is 5.69 Å². The van der Waals surface area contributed by atoms with Crippen LogP contribution < -0.4 is 15.4 Å². The molecule has 0 fully saturated rings. The van der Waals surface area contributed by atoms with Crippen molar-refractivity contribution in [3.05, 3.63) is 33.9 Å². The number of nitro groups is 1. The molecule has 0 bridgehead atoms. The second kappa shape index (κ2) is 7.03. The second-order valence-electron chi connectivity index (χ2n) is 5.62. The fraction of sp³-hybridized carbons (Fsp3) is 0.500. The number of amides is 1. The molecular formula is C14H21N3O4. The standard InChI is InChI=1S/C14H21N3O4/c1-14(2,3)16-8-10-5-6-12(11(7-10)17(19)20)21-9-13(18)15-4/h5-7,16H,8-9H2,1-4H3,(H,15,18). The molecule has 0 spiro atoms. The van der Waals surface area contributed by atoms with Gasteiger partial charge < -0.3 is 15.4 Å². The third-order valence-corrected chi connectivity index (χ3v) is 2.68. The van der Waals surface area contributed by atoms with E-state index in [1.54, 1.807) is 6.07 Å². The van der Waals surface area contributed by atoms with E-state index in [0.717, 1.165) is 5.56 Å². The molecule has 0 aliphatic carbocycles. The van der Waals surface area contributed by atoms with Crippen LogP contribution in [0.3, 0.4) is 0 Å². The molecule has 0 aliphatic heterocycles. The van der Waals surface area contributed by atoms with Crippen LogP contribution in [0.25, 0.3) is 0 Å². The van der Waals surface area contributed by atoms with Crippen molar-refractivity contribution < 1.29 is 14.5 Å². The fourth-order valence-corrected chi connectivity index (χ4v) is 1.52. The zero-order valence-electron chi connectivity index (χ0n) is 12.7. The lowest BCUT2D eigenvalue weighted by Crippen LogP contribution is -2.35. The Kier molecular flexibility index (Phi) is 5.66. The van der Waals surface area contributed by atoms with E-state index in [9.17, 15) is 14.9 Å². The van der Waals surface area contributed by atoms with Gasteiger partial charge in [0.1, 0.15) is 0 Å². The molecule has 2 N–H and O–H groups in total. The molecule has 0 unspecified atom stereocenters. The minimum atomic E-state index is -0.514. The number of carbonyl (C=O) groups is 1. The summed E-state index contributed by atoms with van der Waals surface area (Å²) >= 11 is 0. The van der Waals surface area contributed by atoms with Gasteiger partial charge in [0, 0.05) is 25.2 Å². The van der Waals surface area contributed by atoms with Crippen molar-refractivity contribution in [2.45, 2.75) is 32.9 Å². The highest BCUT2D eigenvalue weighted by Crippen LogP contribution is 2.28. The van der Waals surface area contributed by atoms with E-state index in [1.807, 2.05) is 20.8 Å². The van der Waals surface area contributed by atoms with Gasteiger partial charge in [0.25, 0.3) is 5.91 Å². The zero-order valence-corrected chi connectivity index (χ0v) is 12.7. The molecule has 0 saturated heterocycles. The first-order valence-electron chi connectivity index (χ1n) is 6.58. The third kappa shape index (κ3) is 5.78. The number of benzene rings is 1. The molecule has 0 heterocycles. The molecule has 0 radical (unpaired) electrons. The average molecular weight is 295 g/mol. The number of ether oxygens (including phenoxy) is 1. The number of likely N-dealkylation sites (N-methyl/N-ethyl adjacent to an activating group) is 1. The van der Waals surface area contributed by atoms with Gasteiger partial charge in [-0.05, 0) is 32.4 Å². The molecule has 1 rings (SSSR count). The predicted octanol–water partition coefficient (Wildman–Crippen LogP) is 1.61. The van der Waals surface area contributed by atoms with Gasteiger partial charge in [-0.15, -0.1) is 0 Å². The van der Waals surface area contributed by atoms with E-state index in [-0.39, 0.29) is 29.5 Å². The quantitative estimate of drug-likeness (QED) is 0.614. The number of hydrogen-bond acceptors (Lipinski definition) is 5. The average Bonchev–Trinajstić information content (AvgIpc) is 2.41. The minimum absolute atomic E-state index is 0.0802. The Morgan fingerprint density at radius 2 is 2.05 bits per heavy atom. The summed E-state index contributed by atoms with van der Waals surface area (Å²) in [5.74, 6) is -0.258. The van der Waals surface area contributed by atoms with Crippen LogP contribution in [-0.4, -0.2) is 30.0 Å². The lowest BCUT2D eigenvalue weighted by Gasteiger charge is -2.20. The summed E-state index contributed by atoms with van der Waals surface area (Å²) in [5, 5.41) is 16.7.